The van der Waals surface area contributed by atoms with Crippen molar-refractivity contribution < 1.29 is 0 Å². The van der Waals surface area contributed by atoms with Gasteiger partial charge in [-0.05, 0) is 37.1 Å². The number of aryl methyl sites for hydroxylation is 1. The summed E-state index contributed by atoms with van der Waals surface area (Å²) >= 11 is 1.73. The minimum Gasteiger partial charge on any atom is -0.321 e. The van der Waals surface area contributed by atoms with E-state index < -0.39 is 0 Å². The van der Waals surface area contributed by atoms with Gasteiger partial charge in [0.2, 0.25) is 0 Å². The first-order chi connectivity index (χ1) is 9.56. The first kappa shape index (κ1) is 13.3. The smallest absolute Gasteiger partial charge is 0.0960 e. The molecule has 0 saturated heterocycles. The van der Waals surface area contributed by atoms with Gasteiger partial charge in [-0.1, -0.05) is 36.4 Å². The Morgan fingerprint density at radius 2 is 1.80 bits per heavy atom. The molecule has 3 rings (SSSR count). The molecule has 1 heterocycles. The summed E-state index contributed by atoms with van der Waals surface area (Å²) < 4.78 is 1.23. The molecule has 2 aromatic carbocycles. The van der Waals surface area contributed by atoms with Crippen LogP contribution in [-0.2, 0) is 12.0 Å². The van der Waals surface area contributed by atoms with Gasteiger partial charge < -0.3 is 5.73 Å². The highest BCUT2D eigenvalue weighted by Gasteiger charge is 2.24. The number of fused-ring (bicyclic) bond motifs is 1. The first-order valence-corrected chi connectivity index (χ1v) is 7.57. The first-order valence-electron chi connectivity index (χ1n) is 6.76. The molecule has 2 nitrogen and oxygen atoms in total. The summed E-state index contributed by atoms with van der Waals surface area (Å²) in [7, 11) is 0. The highest BCUT2D eigenvalue weighted by Crippen LogP contribution is 2.29. The van der Waals surface area contributed by atoms with E-state index in [9.17, 15) is 0 Å². The molecule has 1 unspecified atom stereocenters. The third kappa shape index (κ3) is 2.47. The highest BCUT2D eigenvalue weighted by molar-refractivity contribution is 7.18. The molecule has 0 radical (unpaired) electrons. The minimum absolute atomic E-state index is 0.390. The number of aromatic nitrogens is 1. The number of benzene rings is 2. The van der Waals surface area contributed by atoms with Crippen LogP contribution in [0.15, 0.2) is 48.5 Å². The van der Waals surface area contributed by atoms with Crippen LogP contribution >= 0.6 is 11.3 Å². The van der Waals surface area contributed by atoms with Crippen molar-refractivity contribution in [1.29, 1.82) is 0 Å². The molecule has 0 bridgehead atoms. The molecular formula is C17H18N2S. The predicted molar refractivity (Wildman–Crippen MR) is 86.0 cm³/mol. The lowest BCUT2D eigenvalue weighted by atomic mass is 9.87. The van der Waals surface area contributed by atoms with Crippen LogP contribution in [0.5, 0.6) is 0 Å². The molecule has 1 aromatic heterocycles. The number of hydrogen-bond donors (Lipinski definition) is 1. The average Bonchev–Trinajstić information content (AvgIpc) is 2.80. The third-order valence-corrected chi connectivity index (χ3v) is 4.65. The van der Waals surface area contributed by atoms with Gasteiger partial charge in [-0.2, -0.15) is 0 Å². The maximum Gasteiger partial charge on any atom is 0.0960 e. The zero-order valence-corrected chi connectivity index (χ0v) is 12.6. The van der Waals surface area contributed by atoms with Crippen LogP contribution in [0.1, 0.15) is 23.1 Å². The van der Waals surface area contributed by atoms with Crippen molar-refractivity contribution in [1.82, 2.24) is 4.98 Å². The van der Waals surface area contributed by atoms with Crippen molar-refractivity contribution >= 4 is 21.6 Å². The molecule has 3 aromatic rings. The van der Waals surface area contributed by atoms with Gasteiger partial charge in [-0.15, -0.1) is 11.3 Å². The maximum atomic E-state index is 6.56. The van der Waals surface area contributed by atoms with E-state index in [-0.39, 0.29) is 5.54 Å². The van der Waals surface area contributed by atoms with E-state index in [1.54, 1.807) is 11.3 Å². The molecule has 0 amide bonds. The SMILES string of the molecule is Cc1ccccc1C(C)(N)Cc1nc2ccccc2s1. The van der Waals surface area contributed by atoms with Crippen molar-refractivity contribution in [3.63, 3.8) is 0 Å². The van der Waals surface area contributed by atoms with Crippen molar-refractivity contribution in [2.75, 3.05) is 0 Å². The van der Waals surface area contributed by atoms with Crippen LogP contribution in [0.3, 0.4) is 0 Å². The summed E-state index contributed by atoms with van der Waals surface area (Å²) in [4.78, 5) is 4.69. The molecule has 1 atom stereocenters. The maximum absolute atomic E-state index is 6.56. The second-order valence-corrected chi connectivity index (χ2v) is 6.60. The van der Waals surface area contributed by atoms with Crippen LogP contribution in [0.4, 0.5) is 0 Å². The van der Waals surface area contributed by atoms with Gasteiger partial charge in [-0.25, -0.2) is 4.98 Å². The molecule has 0 fully saturated rings. The van der Waals surface area contributed by atoms with Crippen LogP contribution < -0.4 is 5.73 Å². The Kier molecular flexibility index (Phi) is 3.32. The Bertz CT molecular complexity index is 710. The molecular weight excluding hydrogens is 264 g/mol. The van der Waals surface area contributed by atoms with Crippen molar-refractivity contribution in [2.45, 2.75) is 25.8 Å². The van der Waals surface area contributed by atoms with Gasteiger partial charge >= 0.3 is 0 Å². The van der Waals surface area contributed by atoms with Gasteiger partial charge in [0, 0.05) is 12.0 Å². The highest BCUT2D eigenvalue weighted by atomic mass is 32.1. The molecule has 2 N–H and O–H groups in total. The zero-order valence-electron chi connectivity index (χ0n) is 11.8. The van der Waals surface area contributed by atoms with Gasteiger partial charge in [0.1, 0.15) is 0 Å². The lowest BCUT2D eigenvalue weighted by Crippen LogP contribution is -2.36. The molecule has 20 heavy (non-hydrogen) atoms. The van der Waals surface area contributed by atoms with Gasteiger partial charge in [-0.3, -0.25) is 0 Å². The fourth-order valence-electron chi connectivity index (χ4n) is 2.62. The molecule has 0 saturated carbocycles. The summed E-state index contributed by atoms with van der Waals surface area (Å²) in [5.41, 5.74) is 9.66. The van der Waals surface area contributed by atoms with Gasteiger partial charge in [0.05, 0.1) is 15.2 Å². The fourth-order valence-corrected chi connectivity index (χ4v) is 3.75. The van der Waals surface area contributed by atoms with E-state index in [1.165, 1.54) is 15.8 Å². The summed E-state index contributed by atoms with van der Waals surface area (Å²) in [5, 5.41) is 1.10. The van der Waals surface area contributed by atoms with Crippen molar-refractivity contribution in [3.8, 4) is 0 Å². The van der Waals surface area contributed by atoms with E-state index in [1.807, 2.05) is 24.3 Å². The molecule has 102 valence electrons. The van der Waals surface area contributed by atoms with E-state index >= 15 is 0 Å². The quantitative estimate of drug-likeness (QED) is 0.788. The molecule has 0 aliphatic carbocycles. The summed E-state index contributed by atoms with van der Waals surface area (Å²) in [6, 6.07) is 16.6. The third-order valence-electron chi connectivity index (χ3n) is 3.62. The second-order valence-electron chi connectivity index (χ2n) is 5.48. The Morgan fingerprint density at radius 1 is 1.10 bits per heavy atom. The summed E-state index contributed by atoms with van der Waals surface area (Å²) in [5.74, 6) is 0. The van der Waals surface area contributed by atoms with Crippen molar-refractivity contribution in [2.24, 2.45) is 5.73 Å². The molecule has 0 aliphatic heterocycles. The minimum atomic E-state index is -0.390. The number of thiazole rings is 1. The standard InChI is InChI=1S/C17H18N2S/c1-12-7-3-4-8-13(12)17(2,18)11-16-19-14-9-5-6-10-15(14)20-16/h3-10H,11,18H2,1-2H3. The molecule has 0 spiro atoms. The van der Waals surface area contributed by atoms with Gasteiger partial charge in [0.15, 0.2) is 0 Å². The Hall–Kier alpha value is -1.71. The number of para-hydroxylation sites is 1. The van der Waals surface area contributed by atoms with Crippen molar-refractivity contribution in [3.05, 3.63) is 64.7 Å². The largest absolute Gasteiger partial charge is 0.321 e. The monoisotopic (exact) mass is 282 g/mol. The Balaban J connectivity index is 1.95. The van der Waals surface area contributed by atoms with E-state index in [4.69, 9.17) is 10.7 Å². The van der Waals surface area contributed by atoms with Crippen LogP contribution in [-0.4, -0.2) is 4.98 Å². The number of hydrogen-bond acceptors (Lipinski definition) is 3. The zero-order chi connectivity index (χ0) is 14.2. The number of nitrogens with two attached hydrogens (primary N) is 1. The normalized spacial score (nSPS) is 14.3. The molecule has 3 heteroatoms. The van der Waals surface area contributed by atoms with Crippen LogP contribution in [0.2, 0.25) is 0 Å². The topological polar surface area (TPSA) is 38.9 Å². The molecule has 0 aliphatic rings. The lowest BCUT2D eigenvalue weighted by Gasteiger charge is -2.26. The summed E-state index contributed by atoms with van der Waals surface area (Å²) in [6.07, 6.45) is 0.761. The van der Waals surface area contributed by atoms with Crippen LogP contribution in [0.25, 0.3) is 10.2 Å². The summed E-state index contributed by atoms with van der Waals surface area (Å²) in [6.45, 7) is 4.19. The van der Waals surface area contributed by atoms with E-state index in [0.29, 0.717) is 0 Å². The lowest BCUT2D eigenvalue weighted by molar-refractivity contribution is 0.488. The number of rotatable bonds is 3. The predicted octanol–water partition coefficient (Wildman–Crippen LogP) is 4.02. The average molecular weight is 282 g/mol. The second kappa shape index (κ2) is 5.00. The van der Waals surface area contributed by atoms with E-state index in [0.717, 1.165) is 16.9 Å². The Morgan fingerprint density at radius 3 is 2.55 bits per heavy atom. The van der Waals surface area contributed by atoms with Crippen LogP contribution in [0, 0.1) is 6.92 Å². The Labute approximate surface area is 123 Å². The fraction of sp³-hybridized carbons (Fsp3) is 0.235. The van der Waals surface area contributed by atoms with Gasteiger partial charge in [0.25, 0.3) is 0 Å². The number of nitrogens with zero attached hydrogens (tertiary/aromatic N) is 1. The van der Waals surface area contributed by atoms with E-state index in [2.05, 4.69) is 38.1 Å².